The molecule has 3 rings (SSSR count). The van der Waals surface area contributed by atoms with Crippen molar-refractivity contribution in [3.63, 3.8) is 0 Å². The zero-order chi connectivity index (χ0) is 21.2. The van der Waals surface area contributed by atoms with Gasteiger partial charge in [0.05, 0.1) is 11.8 Å². The number of anilines is 2. The Morgan fingerprint density at radius 3 is 2.14 bits per heavy atom. The minimum absolute atomic E-state index is 0.198. The van der Waals surface area contributed by atoms with Crippen LogP contribution in [0.15, 0.2) is 42.6 Å². The number of piperazine rings is 1. The summed E-state index contributed by atoms with van der Waals surface area (Å²) in [7, 11) is -3.39. The second-order valence-corrected chi connectivity index (χ2v) is 8.38. The molecule has 2 aromatic rings. The van der Waals surface area contributed by atoms with Crippen molar-refractivity contribution in [1.82, 2.24) is 9.88 Å². The molecule has 0 aliphatic carbocycles. The number of benzene rings is 1. The third-order valence-corrected chi connectivity index (χ3v) is 5.01. The lowest BCUT2D eigenvalue weighted by molar-refractivity contribution is -0.137. The average Bonchev–Trinajstić information content (AvgIpc) is 2.66. The van der Waals surface area contributed by atoms with Gasteiger partial charge >= 0.3 is 6.18 Å². The smallest absolute Gasteiger partial charge is 0.353 e. The first-order chi connectivity index (χ1) is 13.5. The number of pyridine rings is 1. The summed E-state index contributed by atoms with van der Waals surface area (Å²) in [6, 6.07) is 8.42. The Hall–Kier alpha value is -2.82. The number of amides is 1. The molecule has 0 spiro atoms. The summed E-state index contributed by atoms with van der Waals surface area (Å²) >= 11 is 0. The average molecular weight is 428 g/mol. The fraction of sp³-hybridized carbons (Fsp3) is 0.333. The first-order valence-corrected chi connectivity index (χ1v) is 10.6. The Labute approximate surface area is 166 Å². The molecule has 1 saturated heterocycles. The van der Waals surface area contributed by atoms with E-state index in [1.165, 1.54) is 18.2 Å². The molecule has 1 aliphatic rings. The van der Waals surface area contributed by atoms with Crippen molar-refractivity contribution < 1.29 is 26.4 Å². The Morgan fingerprint density at radius 2 is 1.66 bits per heavy atom. The van der Waals surface area contributed by atoms with Crippen LogP contribution in [0, 0.1) is 0 Å². The highest BCUT2D eigenvalue weighted by atomic mass is 32.2. The number of rotatable bonds is 4. The lowest BCUT2D eigenvalue weighted by Gasteiger charge is -2.35. The van der Waals surface area contributed by atoms with Crippen LogP contribution in [-0.4, -0.2) is 56.6 Å². The maximum atomic E-state index is 12.6. The molecular formula is C18H19F3N4O3S. The minimum atomic E-state index is -4.43. The molecule has 0 saturated carbocycles. The number of aromatic nitrogens is 1. The maximum Gasteiger partial charge on any atom is 0.417 e. The molecular weight excluding hydrogens is 409 g/mol. The Morgan fingerprint density at radius 1 is 1.03 bits per heavy atom. The predicted octanol–water partition coefficient (Wildman–Crippen LogP) is 2.43. The molecule has 0 bridgehead atoms. The van der Waals surface area contributed by atoms with Gasteiger partial charge in [-0.15, -0.1) is 0 Å². The lowest BCUT2D eigenvalue weighted by Crippen LogP contribution is -2.49. The van der Waals surface area contributed by atoms with Crippen LogP contribution < -0.4 is 9.62 Å². The van der Waals surface area contributed by atoms with Crippen molar-refractivity contribution in [2.45, 2.75) is 6.18 Å². The van der Waals surface area contributed by atoms with Crippen molar-refractivity contribution in [2.75, 3.05) is 42.1 Å². The van der Waals surface area contributed by atoms with Gasteiger partial charge in [0, 0.05) is 43.6 Å². The molecule has 1 N–H and O–H groups in total. The number of nitrogens with one attached hydrogen (secondary N) is 1. The summed E-state index contributed by atoms with van der Waals surface area (Å²) in [5.41, 5.74) is -0.0173. The molecule has 0 radical (unpaired) electrons. The van der Waals surface area contributed by atoms with E-state index in [0.717, 1.165) is 18.5 Å². The first-order valence-electron chi connectivity index (χ1n) is 8.68. The largest absolute Gasteiger partial charge is 0.417 e. The number of nitrogens with zero attached hydrogens (tertiary/aromatic N) is 3. The van der Waals surface area contributed by atoms with Gasteiger partial charge in [0.1, 0.15) is 5.82 Å². The number of halogens is 3. The standard InChI is InChI=1S/C18H19F3N4O3S/c1-29(27,28)23-15-5-2-13(3-6-15)17(26)25-10-8-24(9-11-25)16-7-4-14(12-22-16)18(19,20)21/h2-7,12,23H,8-11H2,1H3. The van der Waals surface area contributed by atoms with Crippen LogP contribution in [-0.2, 0) is 16.2 Å². The van der Waals surface area contributed by atoms with Crippen LogP contribution in [0.5, 0.6) is 0 Å². The van der Waals surface area contributed by atoms with E-state index in [-0.39, 0.29) is 5.91 Å². The molecule has 2 heterocycles. The van der Waals surface area contributed by atoms with Crippen LogP contribution in [0.2, 0.25) is 0 Å². The van der Waals surface area contributed by atoms with Gasteiger partial charge in [-0.1, -0.05) is 0 Å². The van der Waals surface area contributed by atoms with Crippen molar-refractivity contribution in [3.05, 3.63) is 53.7 Å². The van der Waals surface area contributed by atoms with Crippen LogP contribution in [0.4, 0.5) is 24.7 Å². The zero-order valence-electron chi connectivity index (χ0n) is 15.5. The number of carbonyl (C=O) groups is 1. The highest BCUT2D eigenvalue weighted by Crippen LogP contribution is 2.29. The second kappa shape index (κ2) is 7.90. The summed E-state index contributed by atoms with van der Waals surface area (Å²) in [5, 5.41) is 0. The Bertz CT molecular complexity index is 969. The van der Waals surface area contributed by atoms with Gasteiger partial charge in [-0.05, 0) is 36.4 Å². The summed E-state index contributed by atoms with van der Waals surface area (Å²) < 4.78 is 62.7. The molecule has 11 heteroatoms. The highest BCUT2D eigenvalue weighted by Gasteiger charge is 2.31. The van der Waals surface area contributed by atoms with Gasteiger partial charge in [0.15, 0.2) is 0 Å². The van der Waals surface area contributed by atoms with E-state index in [2.05, 4.69) is 9.71 Å². The third kappa shape index (κ3) is 5.37. The summed E-state index contributed by atoms with van der Waals surface area (Å²) in [5.74, 6) is 0.234. The van der Waals surface area contributed by atoms with Gasteiger partial charge in [-0.25, -0.2) is 13.4 Å². The number of carbonyl (C=O) groups excluding carboxylic acids is 1. The molecule has 1 aliphatic heterocycles. The van der Waals surface area contributed by atoms with E-state index in [0.29, 0.717) is 43.2 Å². The minimum Gasteiger partial charge on any atom is -0.353 e. The molecule has 0 unspecified atom stereocenters. The second-order valence-electron chi connectivity index (χ2n) is 6.63. The topological polar surface area (TPSA) is 82.6 Å². The van der Waals surface area contributed by atoms with Crippen molar-refractivity contribution >= 4 is 27.4 Å². The molecule has 1 aromatic carbocycles. The van der Waals surface area contributed by atoms with Crippen LogP contribution in [0.3, 0.4) is 0 Å². The Balaban J connectivity index is 1.59. The van der Waals surface area contributed by atoms with E-state index >= 15 is 0 Å². The number of hydrogen-bond donors (Lipinski definition) is 1. The maximum absolute atomic E-state index is 12.6. The van der Waals surface area contributed by atoms with Crippen molar-refractivity contribution in [3.8, 4) is 0 Å². The predicted molar refractivity (Wildman–Crippen MR) is 102 cm³/mol. The normalized spacial score (nSPS) is 15.3. The molecule has 1 amide bonds. The van der Waals surface area contributed by atoms with Crippen LogP contribution in [0.1, 0.15) is 15.9 Å². The molecule has 7 nitrogen and oxygen atoms in total. The van der Waals surface area contributed by atoms with E-state index in [4.69, 9.17) is 0 Å². The number of alkyl halides is 3. The third-order valence-electron chi connectivity index (χ3n) is 4.40. The lowest BCUT2D eigenvalue weighted by atomic mass is 10.1. The van der Waals surface area contributed by atoms with E-state index in [1.54, 1.807) is 17.0 Å². The molecule has 29 heavy (non-hydrogen) atoms. The van der Waals surface area contributed by atoms with E-state index < -0.39 is 21.8 Å². The fourth-order valence-electron chi connectivity index (χ4n) is 2.96. The quantitative estimate of drug-likeness (QED) is 0.809. The fourth-order valence-corrected chi connectivity index (χ4v) is 3.52. The first kappa shape index (κ1) is 20.9. The Kier molecular flexibility index (Phi) is 5.69. The molecule has 1 fully saturated rings. The van der Waals surface area contributed by atoms with Gasteiger partial charge in [0.25, 0.3) is 5.91 Å². The van der Waals surface area contributed by atoms with Gasteiger partial charge in [-0.3, -0.25) is 9.52 Å². The molecule has 1 aromatic heterocycles. The monoisotopic (exact) mass is 428 g/mol. The van der Waals surface area contributed by atoms with Crippen LogP contribution >= 0.6 is 0 Å². The zero-order valence-corrected chi connectivity index (χ0v) is 16.3. The summed E-state index contributed by atoms with van der Waals surface area (Å²) in [6.45, 7) is 1.67. The van der Waals surface area contributed by atoms with E-state index in [1.807, 2.05) is 4.90 Å². The number of hydrogen-bond acceptors (Lipinski definition) is 5. The van der Waals surface area contributed by atoms with E-state index in [9.17, 15) is 26.4 Å². The van der Waals surface area contributed by atoms with Crippen molar-refractivity contribution in [2.24, 2.45) is 0 Å². The number of sulfonamides is 1. The summed E-state index contributed by atoms with van der Waals surface area (Å²) in [4.78, 5) is 20.0. The molecule has 0 atom stereocenters. The molecule has 156 valence electrons. The van der Waals surface area contributed by atoms with Gasteiger partial charge in [0.2, 0.25) is 10.0 Å². The van der Waals surface area contributed by atoms with Crippen molar-refractivity contribution in [1.29, 1.82) is 0 Å². The van der Waals surface area contributed by atoms with Crippen LogP contribution in [0.25, 0.3) is 0 Å². The van der Waals surface area contributed by atoms with Gasteiger partial charge < -0.3 is 9.80 Å². The highest BCUT2D eigenvalue weighted by molar-refractivity contribution is 7.92. The summed E-state index contributed by atoms with van der Waals surface area (Å²) in [6.07, 6.45) is -2.58. The SMILES string of the molecule is CS(=O)(=O)Nc1ccc(C(=O)N2CCN(c3ccc(C(F)(F)F)cn3)CC2)cc1. The van der Waals surface area contributed by atoms with Gasteiger partial charge in [-0.2, -0.15) is 13.2 Å².